The van der Waals surface area contributed by atoms with Crippen molar-refractivity contribution in [2.75, 3.05) is 26.2 Å². The minimum Gasteiger partial charge on any atom is -0.392 e. The van der Waals surface area contributed by atoms with Crippen molar-refractivity contribution in [3.05, 3.63) is 0 Å². The molecule has 1 saturated heterocycles. The molecule has 5 heteroatoms. The number of carbonyl (C=O) groups is 1. The van der Waals surface area contributed by atoms with E-state index in [1.54, 1.807) is 0 Å². The van der Waals surface area contributed by atoms with Crippen molar-refractivity contribution in [3.8, 4) is 0 Å². The molecule has 1 saturated carbocycles. The van der Waals surface area contributed by atoms with E-state index in [0.29, 0.717) is 19.6 Å². The Bertz CT molecular complexity index is 305. The van der Waals surface area contributed by atoms with Crippen LogP contribution in [-0.2, 0) is 9.53 Å². The van der Waals surface area contributed by atoms with E-state index in [0.717, 1.165) is 38.8 Å². The van der Waals surface area contributed by atoms with Gasteiger partial charge in [0.15, 0.2) is 0 Å². The highest BCUT2D eigenvalue weighted by Crippen LogP contribution is 2.35. The maximum absolute atomic E-state index is 11.9. The summed E-state index contributed by atoms with van der Waals surface area (Å²) in [5, 5.41) is 16.3. The fourth-order valence-electron chi connectivity index (χ4n) is 2.92. The van der Waals surface area contributed by atoms with Crippen LogP contribution in [0, 0.1) is 5.41 Å². The van der Waals surface area contributed by atoms with Crippen LogP contribution in [-0.4, -0.2) is 49.5 Å². The largest absolute Gasteiger partial charge is 0.392 e. The van der Waals surface area contributed by atoms with E-state index in [2.05, 4.69) is 17.6 Å². The summed E-state index contributed by atoms with van der Waals surface area (Å²) in [6.45, 7) is 4.91. The quantitative estimate of drug-likeness (QED) is 0.692. The van der Waals surface area contributed by atoms with Crippen molar-refractivity contribution in [1.82, 2.24) is 10.6 Å². The van der Waals surface area contributed by atoms with E-state index >= 15 is 0 Å². The molecule has 110 valence electrons. The predicted molar refractivity (Wildman–Crippen MR) is 72.8 cm³/mol. The molecule has 1 aliphatic heterocycles. The molecule has 3 N–H and O–H groups in total. The monoisotopic (exact) mass is 270 g/mol. The van der Waals surface area contributed by atoms with E-state index in [9.17, 15) is 9.90 Å². The van der Waals surface area contributed by atoms with Crippen LogP contribution in [0.1, 0.15) is 39.0 Å². The molecule has 1 amide bonds. The van der Waals surface area contributed by atoms with Gasteiger partial charge in [0, 0.05) is 25.0 Å². The van der Waals surface area contributed by atoms with Gasteiger partial charge in [0.2, 0.25) is 5.91 Å². The molecule has 0 bridgehead atoms. The summed E-state index contributed by atoms with van der Waals surface area (Å²) in [5.74, 6) is 0.0210. The molecule has 1 heterocycles. The van der Waals surface area contributed by atoms with Gasteiger partial charge < -0.3 is 20.5 Å². The molecule has 0 aromatic heterocycles. The van der Waals surface area contributed by atoms with Gasteiger partial charge in [-0.15, -0.1) is 0 Å². The van der Waals surface area contributed by atoms with Crippen LogP contribution in [0.5, 0.6) is 0 Å². The first kappa shape index (κ1) is 14.8. The fourth-order valence-corrected chi connectivity index (χ4v) is 2.92. The molecule has 0 radical (unpaired) electrons. The predicted octanol–water partition coefficient (Wildman–Crippen LogP) is 0.422. The summed E-state index contributed by atoms with van der Waals surface area (Å²) in [5.41, 5.74) is -0.167. The van der Waals surface area contributed by atoms with Crippen LogP contribution in [0.3, 0.4) is 0 Å². The molecule has 3 unspecified atom stereocenters. The third kappa shape index (κ3) is 4.16. The number of aliphatic hydroxyl groups excluding tert-OH is 1. The lowest BCUT2D eigenvalue weighted by Gasteiger charge is -2.38. The topological polar surface area (TPSA) is 70.6 Å². The van der Waals surface area contributed by atoms with Gasteiger partial charge in [-0.1, -0.05) is 19.8 Å². The Hall–Kier alpha value is -0.650. The van der Waals surface area contributed by atoms with Crippen molar-refractivity contribution >= 4 is 5.91 Å². The second-order valence-electron chi connectivity index (χ2n) is 6.09. The van der Waals surface area contributed by atoms with Gasteiger partial charge in [0.05, 0.1) is 25.2 Å². The van der Waals surface area contributed by atoms with Gasteiger partial charge >= 0.3 is 0 Å². The Kier molecular flexibility index (Phi) is 5.19. The molecule has 1 aliphatic carbocycles. The number of hydrogen-bond acceptors (Lipinski definition) is 4. The van der Waals surface area contributed by atoms with Crippen molar-refractivity contribution in [1.29, 1.82) is 0 Å². The van der Waals surface area contributed by atoms with Crippen LogP contribution < -0.4 is 10.6 Å². The number of morpholine rings is 1. The first-order valence-electron chi connectivity index (χ1n) is 7.37. The lowest BCUT2D eigenvalue weighted by molar-refractivity contribution is -0.125. The van der Waals surface area contributed by atoms with E-state index in [-0.39, 0.29) is 23.5 Å². The van der Waals surface area contributed by atoms with Crippen LogP contribution in [0.25, 0.3) is 0 Å². The Balaban J connectivity index is 1.73. The summed E-state index contributed by atoms with van der Waals surface area (Å²) in [6.07, 6.45) is 4.15. The molecule has 2 aliphatic rings. The average Bonchev–Trinajstić information content (AvgIpc) is 2.41. The molecule has 19 heavy (non-hydrogen) atoms. The third-order valence-corrected chi connectivity index (χ3v) is 4.39. The summed E-state index contributed by atoms with van der Waals surface area (Å²) >= 11 is 0. The summed E-state index contributed by atoms with van der Waals surface area (Å²) < 4.78 is 5.51. The minimum atomic E-state index is -0.297. The van der Waals surface area contributed by atoms with Gasteiger partial charge in [-0.25, -0.2) is 0 Å². The Morgan fingerprint density at radius 3 is 3.05 bits per heavy atom. The van der Waals surface area contributed by atoms with Crippen LogP contribution in [0.2, 0.25) is 0 Å². The first-order valence-corrected chi connectivity index (χ1v) is 7.37. The molecule has 2 rings (SSSR count). The van der Waals surface area contributed by atoms with Crippen molar-refractivity contribution in [2.45, 2.75) is 51.2 Å². The first-order chi connectivity index (χ1) is 9.10. The number of carbonyl (C=O) groups excluding carboxylic acids is 1. The van der Waals surface area contributed by atoms with E-state index < -0.39 is 0 Å². The lowest BCUT2D eigenvalue weighted by Crippen LogP contribution is -2.47. The van der Waals surface area contributed by atoms with Crippen molar-refractivity contribution in [3.63, 3.8) is 0 Å². The second-order valence-corrected chi connectivity index (χ2v) is 6.09. The van der Waals surface area contributed by atoms with Crippen LogP contribution in [0.4, 0.5) is 0 Å². The third-order valence-electron chi connectivity index (χ3n) is 4.39. The SMILES string of the molecule is CC1(CNC(=O)CC2CNCCO2)CCCCC1O. The highest BCUT2D eigenvalue weighted by atomic mass is 16.5. The summed E-state index contributed by atoms with van der Waals surface area (Å²) in [4.78, 5) is 11.9. The Morgan fingerprint density at radius 2 is 2.37 bits per heavy atom. The number of rotatable bonds is 4. The van der Waals surface area contributed by atoms with Crippen molar-refractivity contribution in [2.24, 2.45) is 5.41 Å². The van der Waals surface area contributed by atoms with Gasteiger partial charge in [-0.05, 0) is 12.8 Å². The zero-order chi connectivity index (χ0) is 13.7. The zero-order valence-corrected chi connectivity index (χ0v) is 11.8. The maximum atomic E-state index is 11.9. The van der Waals surface area contributed by atoms with Crippen LogP contribution in [0.15, 0.2) is 0 Å². The van der Waals surface area contributed by atoms with E-state index in [1.165, 1.54) is 0 Å². The number of nitrogens with one attached hydrogen (secondary N) is 2. The van der Waals surface area contributed by atoms with Gasteiger partial charge in [-0.3, -0.25) is 4.79 Å². The molecule has 0 aromatic rings. The fraction of sp³-hybridized carbons (Fsp3) is 0.929. The standard InChI is InChI=1S/C14H26N2O3/c1-14(5-3-2-4-12(14)17)10-16-13(18)8-11-9-15-6-7-19-11/h11-12,15,17H,2-10H2,1H3,(H,16,18). The molecule has 0 spiro atoms. The molecule has 0 aromatic carbocycles. The lowest BCUT2D eigenvalue weighted by atomic mass is 9.73. The number of aliphatic hydroxyl groups is 1. The summed E-state index contributed by atoms with van der Waals surface area (Å²) in [6, 6.07) is 0. The smallest absolute Gasteiger partial charge is 0.222 e. The maximum Gasteiger partial charge on any atom is 0.222 e. The zero-order valence-electron chi connectivity index (χ0n) is 11.8. The molecule has 5 nitrogen and oxygen atoms in total. The Morgan fingerprint density at radius 1 is 1.53 bits per heavy atom. The second kappa shape index (κ2) is 6.68. The summed E-state index contributed by atoms with van der Waals surface area (Å²) in [7, 11) is 0. The average molecular weight is 270 g/mol. The molecular weight excluding hydrogens is 244 g/mol. The molecular formula is C14H26N2O3. The number of amides is 1. The highest BCUT2D eigenvalue weighted by molar-refractivity contribution is 5.76. The normalized spacial score (nSPS) is 35.9. The number of ether oxygens (including phenoxy) is 1. The molecule has 2 fully saturated rings. The van der Waals surface area contributed by atoms with Crippen molar-refractivity contribution < 1.29 is 14.6 Å². The minimum absolute atomic E-state index is 0.0159. The van der Waals surface area contributed by atoms with E-state index in [4.69, 9.17) is 4.74 Å². The van der Waals surface area contributed by atoms with Gasteiger partial charge in [0.1, 0.15) is 0 Å². The van der Waals surface area contributed by atoms with Gasteiger partial charge in [0.25, 0.3) is 0 Å². The van der Waals surface area contributed by atoms with Gasteiger partial charge in [-0.2, -0.15) is 0 Å². The Labute approximate surface area is 115 Å². The van der Waals surface area contributed by atoms with Crippen LogP contribution >= 0.6 is 0 Å². The number of hydrogen-bond donors (Lipinski definition) is 3. The highest BCUT2D eigenvalue weighted by Gasteiger charge is 2.35. The molecule has 3 atom stereocenters. The van der Waals surface area contributed by atoms with E-state index in [1.807, 2.05) is 0 Å².